The second kappa shape index (κ2) is 13.1. The van der Waals surface area contributed by atoms with Crippen LogP contribution in [-0.4, -0.2) is 80.2 Å². The first-order valence-electron chi connectivity index (χ1n) is 11.4. The van der Waals surface area contributed by atoms with Crippen LogP contribution in [0.15, 0.2) is 59.6 Å². The normalized spacial score (nSPS) is 18.3. The number of piperazine rings is 1. The zero-order valence-corrected chi connectivity index (χ0v) is 21.4. The summed E-state index contributed by atoms with van der Waals surface area (Å²) in [5, 5.41) is 3.61. The Bertz CT molecular complexity index is 833. The van der Waals surface area contributed by atoms with E-state index in [0.29, 0.717) is 0 Å². The van der Waals surface area contributed by atoms with Crippen molar-refractivity contribution in [2.45, 2.75) is 19.6 Å². The number of aliphatic imine (C=N–C) groups is 1. The summed E-state index contributed by atoms with van der Waals surface area (Å²) in [6, 6.07) is 19.5. The van der Waals surface area contributed by atoms with Gasteiger partial charge in [0, 0.05) is 66.0 Å². The van der Waals surface area contributed by atoms with Crippen molar-refractivity contribution >= 4 is 29.9 Å². The van der Waals surface area contributed by atoms with Gasteiger partial charge in [-0.2, -0.15) is 0 Å². The number of halogens is 1. The zero-order chi connectivity index (χ0) is 21.3. The predicted octanol–water partition coefficient (Wildman–Crippen LogP) is 3.03. The van der Waals surface area contributed by atoms with E-state index >= 15 is 0 Å². The highest BCUT2D eigenvalue weighted by Crippen LogP contribution is 2.14. The topological polar surface area (TPSA) is 43.3 Å². The van der Waals surface area contributed by atoms with Crippen LogP contribution in [0.1, 0.15) is 16.7 Å². The third-order valence-corrected chi connectivity index (χ3v) is 6.19. The summed E-state index contributed by atoms with van der Waals surface area (Å²) in [7, 11) is 1.89. The van der Waals surface area contributed by atoms with Crippen LogP contribution >= 0.6 is 24.0 Å². The van der Waals surface area contributed by atoms with Gasteiger partial charge in [-0.15, -0.1) is 24.0 Å². The fraction of sp³-hybridized carbons (Fsp3) is 0.480. The summed E-state index contributed by atoms with van der Waals surface area (Å²) >= 11 is 0. The SMILES string of the molecule is CN=C(NCc1ccccc1CN1CCOCC1)N1CCN(Cc2ccccc2)CC1.I. The van der Waals surface area contributed by atoms with Crippen LogP contribution < -0.4 is 5.32 Å². The van der Waals surface area contributed by atoms with E-state index in [-0.39, 0.29) is 24.0 Å². The maximum absolute atomic E-state index is 5.49. The molecule has 0 spiro atoms. The van der Waals surface area contributed by atoms with Gasteiger partial charge in [-0.25, -0.2) is 0 Å². The van der Waals surface area contributed by atoms with Crippen LogP contribution in [-0.2, 0) is 24.4 Å². The molecule has 32 heavy (non-hydrogen) atoms. The maximum Gasteiger partial charge on any atom is 0.194 e. The van der Waals surface area contributed by atoms with Crippen LogP contribution in [0, 0.1) is 0 Å². The highest BCUT2D eigenvalue weighted by Gasteiger charge is 2.20. The largest absolute Gasteiger partial charge is 0.379 e. The van der Waals surface area contributed by atoms with Gasteiger partial charge in [-0.05, 0) is 16.7 Å². The molecule has 174 valence electrons. The molecule has 0 unspecified atom stereocenters. The van der Waals surface area contributed by atoms with Crippen LogP contribution in [0.25, 0.3) is 0 Å². The molecular weight excluding hydrogens is 513 g/mol. The first-order valence-corrected chi connectivity index (χ1v) is 11.4. The lowest BCUT2D eigenvalue weighted by atomic mass is 10.1. The van der Waals surface area contributed by atoms with Crippen molar-refractivity contribution in [2.24, 2.45) is 4.99 Å². The van der Waals surface area contributed by atoms with Gasteiger partial charge < -0.3 is 15.0 Å². The number of benzene rings is 2. The number of nitrogens with zero attached hydrogens (tertiary/aromatic N) is 4. The Balaban J connectivity index is 0.00000289. The van der Waals surface area contributed by atoms with Gasteiger partial charge >= 0.3 is 0 Å². The molecular formula is C25H36IN5O. The van der Waals surface area contributed by atoms with Crippen molar-refractivity contribution in [3.63, 3.8) is 0 Å². The minimum atomic E-state index is 0. The fourth-order valence-electron chi connectivity index (χ4n) is 4.35. The van der Waals surface area contributed by atoms with Crippen molar-refractivity contribution in [1.82, 2.24) is 20.0 Å². The molecule has 7 heteroatoms. The summed E-state index contributed by atoms with van der Waals surface area (Å²) in [6.45, 7) is 10.6. The molecule has 4 rings (SSSR count). The molecule has 2 aromatic rings. The molecule has 2 heterocycles. The number of ether oxygens (including phenoxy) is 1. The monoisotopic (exact) mass is 549 g/mol. The minimum absolute atomic E-state index is 0. The molecule has 0 amide bonds. The number of hydrogen-bond acceptors (Lipinski definition) is 4. The van der Waals surface area contributed by atoms with Gasteiger partial charge in [-0.3, -0.25) is 14.8 Å². The van der Waals surface area contributed by atoms with Crippen molar-refractivity contribution in [2.75, 3.05) is 59.5 Å². The summed E-state index contributed by atoms with van der Waals surface area (Å²) in [5.41, 5.74) is 4.12. The molecule has 0 aliphatic carbocycles. The number of nitrogens with one attached hydrogen (secondary N) is 1. The maximum atomic E-state index is 5.49. The molecule has 0 bridgehead atoms. The van der Waals surface area contributed by atoms with E-state index in [0.717, 1.165) is 78.1 Å². The lowest BCUT2D eigenvalue weighted by molar-refractivity contribution is 0.0341. The van der Waals surface area contributed by atoms with E-state index in [2.05, 4.69) is 79.6 Å². The van der Waals surface area contributed by atoms with E-state index in [4.69, 9.17) is 4.74 Å². The first-order chi connectivity index (χ1) is 15.3. The standard InChI is InChI=1S/C25H35N5O.HI/c1-26-25(30-13-11-28(12-14-30)20-22-7-3-2-4-8-22)27-19-23-9-5-6-10-24(23)21-29-15-17-31-18-16-29;/h2-10H,11-21H2,1H3,(H,26,27);1H. The van der Waals surface area contributed by atoms with Gasteiger partial charge in [0.1, 0.15) is 0 Å². The Labute approximate surface area is 209 Å². The quantitative estimate of drug-likeness (QED) is 0.341. The van der Waals surface area contributed by atoms with E-state index in [9.17, 15) is 0 Å². The molecule has 2 aliphatic heterocycles. The van der Waals surface area contributed by atoms with Gasteiger partial charge in [0.2, 0.25) is 0 Å². The Morgan fingerprint density at radius 3 is 2.12 bits per heavy atom. The Hall–Kier alpha value is -1.68. The van der Waals surface area contributed by atoms with E-state index in [1.54, 1.807) is 0 Å². The van der Waals surface area contributed by atoms with E-state index in [1.165, 1.54) is 16.7 Å². The molecule has 0 radical (unpaired) electrons. The highest BCUT2D eigenvalue weighted by molar-refractivity contribution is 14.0. The van der Waals surface area contributed by atoms with E-state index in [1.807, 2.05) is 7.05 Å². The Kier molecular flexibility index (Phi) is 10.2. The lowest BCUT2D eigenvalue weighted by Crippen LogP contribution is -2.52. The third-order valence-electron chi connectivity index (χ3n) is 6.19. The van der Waals surface area contributed by atoms with Crippen molar-refractivity contribution < 1.29 is 4.74 Å². The number of morpholine rings is 1. The number of rotatable bonds is 6. The van der Waals surface area contributed by atoms with Crippen LogP contribution in [0.3, 0.4) is 0 Å². The number of guanidine groups is 1. The third kappa shape index (κ3) is 7.16. The van der Waals surface area contributed by atoms with Crippen LogP contribution in [0.5, 0.6) is 0 Å². The van der Waals surface area contributed by atoms with Crippen molar-refractivity contribution in [1.29, 1.82) is 0 Å². The molecule has 2 saturated heterocycles. The van der Waals surface area contributed by atoms with Gasteiger partial charge in [0.25, 0.3) is 0 Å². The smallest absolute Gasteiger partial charge is 0.194 e. The fourth-order valence-corrected chi connectivity index (χ4v) is 4.35. The molecule has 2 fully saturated rings. The summed E-state index contributed by atoms with van der Waals surface area (Å²) < 4.78 is 5.49. The Morgan fingerprint density at radius 2 is 1.44 bits per heavy atom. The average molecular weight is 550 g/mol. The van der Waals surface area contributed by atoms with Gasteiger partial charge in [0.05, 0.1) is 13.2 Å². The lowest BCUT2D eigenvalue weighted by Gasteiger charge is -2.36. The molecule has 2 aromatic carbocycles. The minimum Gasteiger partial charge on any atom is -0.379 e. The van der Waals surface area contributed by atoms with Gasteiger partial charge in [-0.1, -0.05) is 54.6 Å². The van der Waals surface area contributed by atoms with Crippen LogP contribution in [0.4, 0.5) is 0 Å². The average Bonchev–Trinajstić information content (AvgIpc) is 2.83. The highest BCUT2D eigenvalue weighted by atomic mass is 127. The van der Waals surface area contributed by atoms with Crippen molar-refractivity contribution in [3.05, 3.63) is 71.3 Å². The summed E-state index contributed by atoms with van der Waals surface area (Å²) in [5.74, 6) is 1.00. The molecule has 0 aromatic heterocycles. The summed E-state index contributed by atoms with van der Waals surface area (Å²) in [4.78, 5) is 11.9. The first kappa shape index (κ1) is 25.0. The molecule has 0 saturated carbocycles. The molecule has 6 nitrogen and oxygen atoms in total. The second-order valence-corrected chi connectivity index (χ2v) is 8.31. The van der Waals surface area contributed by atoms with Crippen LogP contribution in [0.2, 0.25) is 0 Å². The Morgan fingerprint density at radius 1 is 0.812 bits per heavy atom. The number of hydrogen-bond donors (Lipinski definition) is 1. The zero-order valence-electron chi connectivity index (χ0n) is 19.1. The van der Waals surface area contributed by atoms with Gasteiger partial charge in [0.15, 0.2) is 5.96 Å². The van der Waals surface area contributed by atoms with E-state index < -0.39 is 0 Å². The summed E-state index contributed by atoms with van der Waals surface area (Å²) in [6.07, 6.45) is 0. The molecule has 0 atom stereocenters. The molecule has 1 N–H and O–H groups in total. The predicted molar refractivity (Wildman–Crippen MR) is 141 cm³/mol. The second-order valence-electron chi connectivity index (χ2n) is 8.31. The van der Waals surface area contributed by atoms with Crippen molar-refractivity contribution in [3.8, 4) is 0 Å². The molecule has 2 aliphatic rings.